The van der Waals surface area contributed by atoms with Crippen molar-refractivity contribution in [3.05, 3.63) is 96.1 Å². The predicted octanol–water partition coefficient (Wildman–Crippen LogP) is 4.29. The molecule has 1 atom stereocenters. The number of aliphatic hydroxyl groups is 1. The SMILES string of the molecule is O=C(COC(=O)[C@H](O)c1ccccc1)c1c(-c2ccccc2)[nH]c2ccccc12. The molecule has 4 aromatic rings. The van der Waals surface area contributed by atoms with Crippen LogP contribution in [0.25, 0.3) is 22.2 Å². The number of nitrogens with one attached hydrogen (secondary N) is 1. The highest BCUT2D eigenvalue weighted by Gasteiger charge is 2.23. The lowest BCUT2D eigenvalue weighted by Crippen LogP contribution is -2.20. The van der Waals surface area contributed by atoms with Gasteiger partial charge in [0, 0.05) is 10.9 Å². The molecular weight excluding hydrogens is 366 g/mol. The Morgan fingerprint density at radius 2 is 1.48 bits per heavy atom. The number of hydrogen-bond acceptors (Lipinski definition) is 4. The minimum absolute atomic E-state index is 0.338. The summed E-state index contributed by atoms with van der Waals surface area (Å²) in [5.74, 6) is -1.19. The van der Waals surface area contributed by atoms with Crippen LogP contribution in [0.1, 0.15) is 22.0 Å². The highest BCUT2D eigenvalue weighted by molar-refractivity contribution is 6.14. The standard InChI is InChI=1S/C24H19NO4/c26-20(15-29-24(28)23(27)17-11-5-2-6-12-17)21-18-13-7-8-14-19(18)25-22(21)16-9-3-1-4-10-16/h1-14,23,25,27H,15H2/t23-/m1/s1. The van der Waals surface area contributed by atoms with Crippen molar-refractivity contribution in [2.45, 2.75) is 6.10 Å². The number of hydrogen-bond donors (Lipinski definition) is 2. The third-order valence-corrected chi connectivity index (χ3v) is 4.73. The zero-order chi connectivity index (χ0) is 20.2. The molecule has 0 fully saturated rings. The summed E-state index contributed by atoms with van der Waals surface area (Å²) >= 11 is 0. The van der Waals surface area contributed by atoms with Crippen LogP contribution in [0.5, 0.6) is 0 Å². The molecule has 0 radical (unpaired) electrons. The monoisotopic (exact) mass is 385 g/mol. The molecule has 0 aliphatic heterocycles. The molecule has 2 N–H and O–H groups in total. The number of aromatic nitrogens is 1. The van der Waals surface area contributed by atoms with Gasteiger partial charge < -0.3 is 14.8 Å². The Kier molecular flexibility index (Phi) is 5.22. The number of aromatic amines is 1. The number of ether oxygens (including phenoxy) is 1. The fraction of sp³-hybridized carbons (Fsp3) is 0.0833. The maximum atomic E-state index is 13.0. The molecule has 0 saturated carbocycles. The zero-order valence-corrected chi connectivity index (χ0v) is 15.5. The van der Waals surface area contributed by atoms with Gasteiger partial charge in [0.1, 0.15) is 0 Å². The summed E-state index contributed by atoms with van der Waals surface area (Å²) in [6.07, 6.45) is -1.43. The number of carbonyl (C=O) groups excluding carboxylic acids is 2. The molecule has 4 rings (SSSR count). The van der Waals surface area contributed by atoms with Crippen LogP contribution < -0.4 is 0 Å². The van der Waals surface area contributed by atoms with Gasteiger partial charge in [-0.15, -0.1) is 0 Å². The Morgan fingerprint density at radius 1 is 0.862 bits per heavy atom. The van der Waals surface area contributed by atoms with Gasteiger partial charge in [-0.1, -0.05) is 78.9 Å². The van der Waals surface area contributed by atoms with E-state index in [0.717, 1.165) is 16.5 Å². The molecule has 0 spiro atoms. The number of Topliss-reactive ketones (excluding diaryl/α,β-unsaturated/α-hetero) is 1. The number of benzene rings is 3. The van der Waals surface area contributed by atoms with Gasteiger partial charge in [0.05, 0.1) is 11.3 Å². The topological polar surface area (TPSA) is 79.4 Å². The maximum absolute atomic E-state index is 13.0. The van der Waals surface area contributed by atoms with E-state index in [1.54, 1.807) is 30.3 Å². The molecule has 144 valence electrons. The van der Waals surface area contributed by atoms with Gasteiger partial charge in [0.25, 0.3) is 0 Å². The number of rotatable bonds is 6. The quantitative estimate of drug-likeness (QED) is 0.383. The van der Waals surface area contributed by atoms with Gasteiger partial charge in [0.15, 0.2) is 12.7 Å². The van der Waals surface area contributed by atoms with E-state index in [9.17, 15) is 14.7 Å². The summed E-state index contributed by atoms with van der Waals surface area (Å²) < 4.78 is 5.13. The summed E-state index contributed by atoms with van der Waals surface area (Å²) in [4.78, 5) is 28.5. The lowest BCUT2D eigenvalue weighted by molar-refractivity contribution is -0.152. The second kappa shape index (κ2) is 8.12. The number of H-pyrrole nitrogens is 1. The number of aliphatic hydroxyl groups excluding tert-OH is 1. The summed E-state index contributed by atoms with van der Waals surface area (Å²) in [5.41, 5.74) is 3.25. The molecule has 3 aromatic carbocycles. The van der Waals surface area contributed by atoms with Crippen LogP contribution >= 0.6 is 0 Å². The maximum Gasteiger partial charge on any atom is 0.340 e. The Hall–Kier alpha value is -3.70. The summed E-state index contributed by atoms with van der Waals surface area (Å²) in [6, 6.07) is 25.5. The molecule has 1 aromatic heterocycles. The Bertz CT molecular complexity index is 1150. The Balaban J connectivity index is 1.59. The summed E-state index contributed by atoms with van der Waals surface area (Å²) in [7, 11) is 0. The first kappa shape index (κ1) is 18.7. The van der Waals surface area contributed by atoms with Crippen molar-refractivity contribution in [1.29, 1.82) is 0 Å². The Morgan fingerprint density at radius 3 is 2.21 bits per heavy atom. The van der Waals surface area contributed by atoms with Crippen molar-refractivity contribution < 1.29 is 19.4 Å². The van der Waals surface area contributed by atoms with Gasteiger partial charge >= 0.3 is 5.97 Å². The second-order valence-corrected chi connectivity index (χ2v) is 6.63. The largest absolute Gasteiger partial charge is 0.455 e. The molecule has 5 nitrogen and oxygen atoms in total. The van der Waals surface area contributed by atoms with E-state index in [-0.39, 0.29) is 5.78 Å². The molecule has 0 bridgehead atoms. The van der Waals surface area contributed by atoms with E-state index in [1.165, 1.54) is 0 Å². The number of para-hydroxylation sites is 1. The van der Waals surface area contributed by atoms with Crippen molar-refractivity contribution >= 4 is 22.7 Å². The van der Waals surface area contributed by atoms with Crippen molar-refractivity contribution in [1.82, 2.24) is 4.98 Å². The molecule has 0 unspecified atom stereocenters. The van der Waals surface area contributed by atoms with E-state index < -0.39 is 18.7 Å². The van der Waals surface area contributed by atoms with E-state index >= 15 is 0 Å². The lowest BCUT2D eigenvalue weighted by atomic mass is 10.0. The van der Waals surface area contributed by atoms with Crippen LogP contribution in [-0.2, 0) is 9.53 Å². The van der Waals surface area contributed by atoms with Crippen LogP contribution in [0.3, 0.4) is 0 Å². The molecular formula is C24H19NO4. The lowest BCUT2D eigenvalue weighted by Gasteiger charge is -2.11. The van der Waals surface area contributed by atoms with Crippen LogP contribution in [0.2, 0.25) is 0 Å². The second-order valence-electron chi connectivity index (χ2n) is 6.63. The predicted molar refractivity (Wildman–Crippen MR) is 110 cm³/mol. The third kappa shape index (κ3) is 3.81. The third-order valence-electron chi connectivity index (χ3n) is 4.73. The zero-order valence-electron chi connectivity index (χ0n) is 15.5. The molecule has 0 aliphatic carbocycles. The fourth-order valence-electron chi connectivity index (χ4n) is 3.31. The van der Waals surface area contributed by atoms with E-state index in [1.807, 2.05) is 54.6 Å². The van der Waals surface area contributed by atoms with Gasteiger partial charge in [0.2, 0.25) is 5.78 Å². The molecule has 0 saturated heterocycles. The summed E-state index contributed by atoms with van der Waals surface area (Å²) in [5, 5.41) is 10.9. The van der Waals surface area contributed by atoms with Crippen LogP contribution in [0.15, 0.2) is 84.9 Å². The number of fused-ring (bicyclic) bond motifs is 1. The number of ketones is 1. The van der Waals surface area contributed by atoms with Gasteiger partial charge in [-0.3, -0.25) is 4.79 Å². The number of esters is 1. The highest BCUT2D eigenvalue weighted by atomic mass is 16.5. The number of carbonyl (C=O) groups is 2. The van der Waals surface area contributed by atoms with E-state index in [4.69, 9.17) is 4.74 Å². The van der Waals surface area contributed by atoms with Gasteiger partial charge in [-0.2, -0.15) is 0 Å². The Labute approximate surface area is 167 Å². The summed E-state index contributed by atoms with van der Waals surface area (Å²) in [6.45, 7) is -0.454. The van der Waals surface area contributed by atoms with Crippen LogP contribution in [0.4, 0.5) is 0 Å². The van der Waals surface area contributed by atoms with Gasteiger partial charge in [-0.05, 0) is 17.2 Å². The van der Waals surface area contributed by atoms with Crippen molar-refractivity contribution in [3.63, 3.8) is 0 Å². The van der Waals surface area contributed by atoms with Crippen molar-refractivity contribution in [2.24, 2.45) is 0 Å². The molecule has 29 heavy (non-hydrogen) atoms. The minimum Gasteiger partial charge on any atom is -0.455 e. The molecule has 0 aliphatic rings. The average Bonchev–Trinajstić information content (AvgIpc) is 3.17. The first-order valence-corrected chi connectivity index (χ1v) is 9.24. The van der Waals surface area contributed by atoms with E-state index in [0.29, 0.717) is 16.8 Å². The molecule has 0 amide bonds. The van der Waals surface area contributed by atoms with Crippen molar-refractivity contribution in [2.75, 3.05) is 6.61 Å². The van der Waals surface area contributed by atoms with Gasteiger partial charge in [-0.25, -0.2) is 4.79 Å². The molecule has 5 heteroatoms. The van der Waals surface area contributed by atoms with E-state index in [2.05, 4.69) is 4.98 Å². The highest BCUT2D eigenvalue weighted by Crippen LogP contribution is 2.30. The van der Waals surface area contributed by atoms with Crippen LogP contribution in [-0.4, -0.2) is 28.4 Å². The first-order valence-electron chi connectivity index (χ1n) is 9.24. The smallest absolute Gasteiger partial charge is 0.340 e. The van der Waals surface area contributed by atoms with Crippen LogP contribution in [0, 0.1) is 0 Å². The van der Waals surface area contributed by atoms with Crippen molar-refractivity contribution in [3.8, 4) is 11.3 Å². The normalized spacial score (nSPS) is 11.9. The molecule has 1 heterocycles. The average molecular weight is 385 g/mol. The minimum atomic E-state index is -1.43. The fourth-order valence-corrected chi connectivity index (χ4v) is 3.31. The first-order chi connectivity index (χ1) is 14.1.